The Morgan fingerprint density at radius 3 is 2.67 bits per heavy atom. The largest absolute Gasteiger partial charge is 0.378 e. The Balaban J connectivity index is 1.70. The molecule has 170 valence electrons. The standard InChI is InChI=1S/C26H27ClN4O2/c1-18-5-4-6-24(29-18)19-7-8-21(23(27)16-19)22-15-20-17-28-10-9-25(20)31(26(22)32)12-14-33-13-11-30(2)3/h4-10,15-17H,11-14H2,1-3H3. The van der Waals surface area contributed by atoms with Crippen LogP contribution < -0.4 is 5.56 Å². The maximum Gasteiger partial charge on any atom is 0.259 e. The molecule has 0 N–H and O–H groups in total. The Morgan fingerprint density at radius 1 is 1.06 bits per heavy atom. The molecule has 6 nitrogen and oxygen atoms in total. The number of halogens is 1. The first-order valence-corrected chi connectivity index (χ1v) is 11.3. The highest BCUT2D eigenvalue weighted by Gasteiger charge is 2.15. The number of likely N-dealkylation sites (N-methyl/N-ethyl adjacent to an activating group) is 1. The maximum atomic E-state index is 13.5. The van der Waals surface area contributed by atoms with Crippen LogP contribution >= 0.6 is 11.6 Å². The van der Waals surface area contributed by atoms with Gasteiger partial charge in [-0.25, -0.2) is 0 Å². The molecule has 0 radical (unpaired) electrons. The van der Waals surface area contributed by atoms with Gasteiger partial charge in [-0.1, -0.05) is 29.8 Å². The summed E-state index contributed by atoms with van der Waals surface area (Å²) in [7, 11) is 4.00. The van der Waals surface area contributed by atoms with E-state index in [2.05, 4.69) is 14.9 Å². The first-order valence-electron chi connectivity index (χ1n) is 10.9. The van der Waals surface area contributed by atoms with Crippen LogP contribution in [0.4, 0.5) is 0 Å². The summed E-state index contributed by atoms with van der Waals surface area (Å²) in [5, 5.41) is 1.38. The van der Waals surface area contributed by atoms with Crippen molar-refractivity contribution < 1.29 is 4.74 Å². The molecule has 4 rings (SSSR count). The Bertz CT molecular complexity index is 1330. The van der Waals surface area contributed by atoms with E-state index in [-0.39, 0.29) is 5.56 Å². The second-order valence-corrected chi connectivity index (χ2v) is 8.63. The van der Waals surface area contributed by atoms with Gasteiger partial charge in [-0.15, -0.1) is 0 Å². The van der Waals surface area contributed by atoms with E-state index >= 15 is 0 Å². The number of aromatic nitrogens is 3. The van der Waals surface area contributed by atoms with Gasteiger partial charge in [0.25, 0.3) is 5.56 Å². The van der Waals surface area contributed by atoms with Crippen LogP contribution in [0.2, 0.25) is 5.02 Å². The summed E-state index contributed by atoms with van der Waals surface area (Å²) in [6, 6.07) is 15.3. The van der Waals surface area contributed by atoms with E-state index < -0.39 is 0 Å². The number of hydrogen-bond donors (Lipinski definition) is 0. The van der Waals surface area contributed by atoms with Crippen molar-refractivity contribution in [3.63, 3.8) is 0 Å². The van der Waals surface area contributed by atoms with Gasteiger partial charge in [0.15, 0.2) is 0 Å². The van der Waals surface area contributed by atoms with E-state index in [0.717, 1.165) is 34.4 Å². The van der Waals surface area contributed by atoms with Gasteiger partial charge in [0.05, 0.1) is 24.4 Å². The third-order valence-electron chi connectivity index (χ3n) is 5.48. The average Bonchev–Trinajstić information content (AvgIpc) is 2.80. The molecule has 0 bridgehead atoms. The number of nitrogens with zero attached hydrogens (tertiary/aromatic N) is 4. The maximum absolute atomic E-state index is 13.5. The van der Waals surface area contributed by atoms with Crippen LogP contribution in [0, 0.1) is 6.92 Å². The van der Waals surface area contributed by atoms with E-state index in [0.29, 0.717) is 35.9 Å². The molecular weight excluding hydrogens is 436 g/mol. The lowest BCUT2D eigenvalue weighted by Crippen LogP contribution is -2.25. The second kappa shape index (κ2) is 10.3. The SMILES string of the molecule is Cc1cccc(-c2ccc(-c3cc4cnccc4n(CCOCCN(C)C)c3=O)c(Cl)c2)n1. The number of rotatable bonds is 8. The van der Waals surface area contributed by atoms with Gasteiger partial charge in [-0.3, -0.25) is 14.8 Å². The van der Waals surface area contributed by atoms with Crippen LogP contribution in [0.25, 0.3) is 33.3 Å². The summed E-state index contributed by atoms with van der Waals surface area (Å²) >= 11 is 6.68. The van der Waals surface area contributed by atoms with Gasteiger partial charge >= 0.3 is 0 Å². The smallest absolute Gasteiger partial charge is 0.259 e. The fraction of sp³-hybridized carbons (Fsp3) is 0.269. The zero-order valence-corrected chi connectivity index (χ0v) is 19.8. The molecule has 0 spiro atoms. The fourth-order valence-corrected chi connectivity index (χ4v) is 4.03. The third-order valence-corrected chi connectivity index (χ3v) is 5.79. The number of aryl methyl sites for hydroxylation is 1. The van der Waals surface area contributed by atoms with Crippen LogP contribution in [0.1, 0.15) is 5.69 Å². The van der Waals surface area contributed by atoms with Crippen molar-refractivity contribution in [2.45, 2.75) is 13.5 Å². The molecule has 0 atom stereocenters. The molecule has 0 amide bonds. The quantitative estimate of drug-likeness (QED) is 0.356. The Hall–Kier alpha value is -3.06. The highest BCUT2D eigenvalue weighted by Crippen LogP contribution is 2.31. The van der Waals surface area contributed by atoms with Crippen molar-refractivity contribution in [3.05, 3.63) is 82.0 Å². The summed E-state index contributed by atoms with van der Waals surface area (Å²) in [5.41, 5.74) is 4.64. The van der Waals surface area contributed by atoms with E-state index in [1.165, 1.54) is 0 Å². The molecule has 7 heteroatoms. The van der Waals surface area contributed by atoms with Crippen molar-refractivity contribution in [1.82, 2.24) is 19.4 Å². The molecule has 33 heavy (non-hydrogen) atoms. The Morgan fingerprint density at radius 2 is 1.91 bits per heavy atom. The molecule has 3 heterocycles. The molecule has 4 aromatic rings. The monoisotopic (exact) mass is 462 g/mol. The molecule has 0 aliphatic heterocycles. The van der Waals surface area contributed by atoms with Crippen molar-refractivity contribution in [1.29, 1.82) is 0 Å². The zero-order valence-electron chi connectivity index (χ0n) is 19.1. The van der Waals surface area contributed by atoms with Gasteiger partial charge in [-0.2, -0.15) is 0 Å². The summed E-state index contributed by atoms with van der Waals surface area (Å²) in [6.45, 7) is 4.29. The van der Waals surface area contributed by atoms with Crippen LogP contribution in [0.3, 0.4) is 0 Å². The highest BCUT2D eigenvalue weighted by molar-refractivity contribution is 6.33. The van der Waals surface area contributed by atoms with Crippen LogP contribution in [0.5, 0.6) is 0 Å². The van der Waals surface area contributed by atoms with E-state index in [9.17, 15) is 4.79 Å². The predicted octanol–water partition coefficient (Wildman–Crippen LogP) is 4.67. The van der Waals surface area contributed by atoms with Gasteiger partial charge in [0.1, 0.15) is 0 Å². The lowest BCUT2D eigenvalue weighted by molar-refractivity contribution is 0.111. The molecule has 0 saturated carbocycles. The Labute approximate surface area is 198 Å². The summed E-state index contributed by atoms with van der Waals surface area (Å²) in [4.78, 5) is 24.4. The fourth-order valence-electron chi connectivity index (χ4n) is 3.75. The lowest BCUT2D eigenvalue weighted by Gasteiger charge is -2.15. The van der Waals surface area contributed by atoms with Crippen LogP contribution in [-0.2, 0) is 11.3 Å². The normalized spacial score (nSPS) is 11.4. The number of hydrogen-bond acceptors (Lipinski definition) is 5. The van der Waals surface area contributed by atoms with Crippen LogP contribution in [-0.4, -0.2) is 53.3 Å². The summed E-state index contributed by atoms with van der Waals surface area (Å²) in [6.07, 6.45) is 3.46. The van der Waals surface area contributed by atoms with Gasteiger partial charge in [0, 0.05) is 58.3 Å². The summed E-state index contributed by atoms with van der Waals surface area (Å²) in [5.74, 6) is 0. The Kier molecular flexibility index (Phi) is 7.18. The van der Waals surface area contributed by atoms with Crippen molar-refractivity contribution in [2.24, 2.45) is 0 Å². The highest BCUT2D eigenvalue weighted by atomic mass is 35.5. The molecule has 1 aromatic carbocycles. The zero-order chi connectivity index (χ0) is 23.4. The topological polar surface area (TPSA) is 60.2 Å². The van der Waals surface area contributed by atoms with E-state index in [4.69, 9.17) is 16.3 Å². The van der Waals surface area contributed by atoms with Gasteiger partial charge in [0.2, 0.25) is 0 Å². The molecule has 0 saturated heterocycles. The number of pyridine rings is 3. The minimum absolute atomic E-state index is 0.103. The molecule has 3 aromatic heterocycles. The van der Waals surface area contributed by atoms with Crippen molar-refractivity contribution >= 4 is 22.5 Å². The lowest BCUT2D eigenvalue weighted by atomic mass is 10.0. The van der Waals surface area contributed by atoms with Gasteiger partial charge in [-0.05, 0) is 51.4 Å². The van der Waals surface area contributed by atoms with Gasteiger partial charge < -0.3 is 14.2 Å². The van der Waals surface area contributed by atoms with Crippen LogP contribution in [0.15, 0.2) is 65.7 Å². The number of ether oxygens (including phenoxy) is 1. The first-order chi connectivity index (χ1) is 15.9. The minimum Gasteiger partial charge on any atom is -0.378 e. The summed E-state index contributed by atoms with van der Waals surface area (Å²) < 4.78 is 7.49. The average molecular weight is 463 g/mol. The van der Waals surface area contributed by atoms with E-state index in [1.807, 2.05) is 69.6 Å². The molecule has 0 unspecified atom stereocenters. The molecule has 0 aliphatic carbocycles. The van der Waals surface area contributed by atoms with E-state index in [1.54, 1.807) is 17.0 Å². The van der Waals surface area contributed by atoms with Crippen molar-refractivity contribution in [2.75, 3.05) is 33.9 Å². The number of benzene rings is 1. The molecule has 0 aliphatic rings. The third kappa shape index (κ3) is 5.30. The first kappa shape index (κ1) is 23.1. The minimum atomic E-state index is -0.103. The van der Waals surface area contributed by atoms with Crippen molar-refractivity contribution in [3.8, 4) is 22.4 Å². The molecule has 0 fully saturated rings. The second-order valence-electron chi connectivity index (χ2n) is 8.22. The molecular formula is C26H27ClN4O2. The number of fused-ring (bicyclic) bond motifs is 1. The predicted molar refractivity (Wildman–Crippen MR) is 134 cm³/mol.